The highest BCUT2D eigenvalue weighted by molar-refractivity contribution is 6.74. The third-order valence-electron chi connectivity index (χ3n) is 4.93. The first-order valence-corrected chi connectivity index (χ1v) is 10.8. The SMILES string of the molecule is COc1ccc(F)cc1C1C[C@@H](O[Si](C)(C)C(C)(C)C)CN1. The molecule has 1 aliphatic rings. The molecule has 3 nitrogen and oxygen atoms in total. The quantitative estimate of drug-likeness (QED) is 0.839. The molecule has 1 N–H and O–H groups in total. The van der Waals surface area contributed by atoms with Gasteiger partial charge >= 0.3 is 0 Å². The largest absolute Gasteiger partial charge is 0.496 e. The van der Waals surface area contributed by atoms with Crippen LogP contribution in [-0.2, 0) is 4.43 Å². The standard InChI is InChI=1S/C17H28FNO2Si/c1-17(2,3)22(5,6)21-13-10-15(19-11-13)14-9-12(18)7-8-16(14)20-4/h7-9,13,15,19H,10-11H2,1-6H3/t13-,15?/m1/s1. The van der Waals surface area contributed by atoms with E-state index in [0.717, 1.165) is 24.3 Å². The summed E-state index contributed by atoms with van der Waals surface area (Å²) in [5, 5.41) is 3.65. The second-order valence-electron chi connectivity index (χ2n) is 7.58. The Morgan fingerprint density at radius 1 is 1.27 bits per heavy atom. The minimum Gasteiger partial charge on any atom is -0.496 e. The fourth-order valence-corrected chi connectivity index (χ4v) is 3.97. The van der Waals surface area contributed by atoms with Crippen molar-refractivity contribution in [2.45, 2.75) is 57.5 Å². The van der Waals surface area contributed by atoms with Crippen LogP contribution in [0.4, 0.5) is 4.39 Å². The van der Waals surface area contributed by atoms with Crippen LogP contribution in [0.3, 0.4) is 0 Å². The van der Waals surface area contributed by atoms with Crippen LogP contribution in [0, 0.1) is 5.82 Å². The lowest BCUT2D eigenvalue weighted by molar-refractivity contribution is 0.197. The van der Waals surface area contributed by atoms with Gasteiger partial charge in [-0.05, 0) is 42.8 Å². The summed E-state index contributed by atoms with van der Waals surface area (Å²) >= 11 is 0. The lowest BCUT2D eigenvalue weighted by atomic mass is 10.0. The van der Waals surface area contributed by atoms with E-state index in [9.17, 15) is 4.39 Å². The summed E-state index contributed by atoms with van der Waals surface area (Å²) < 4.78 is 25.4. The zero-order valence-corrected chi connectivity index (χ0v) is 15.5. The van der Waals surface area contributed by atoms with Crippen LogP contribution < -0.4 is 10.1 Å². The van der Waals surface area contributed by atoms with E-state index >= 15 is 0 Å². The van der Waals surface area contributed by atoms with Crippen LogP contribution in [0.5, 0.6) is 5.75 Å². The molecular formula is C17H28FNO2Si. The Hall–Kier alpha value is -0.913. The summed E-state index contributed by atoms with van der Waals surface area (Å²) in [5.74, 6) is 0.498. The molecule has 124 valence electrons. The average Bonchev–Trinajstić information content (AvgIpc) is 2.85. The molecule has 0 radical (unpaired) electrons. The zero-order valence-electron chi connectivity index (χ0n) is 14.5. The van der Waals surface area contributed by atoms with Crippen LogP contribution in [0.2, 0.25) is 18.1 Å². The molecule has 0 saturated carbocycles. The van der Waals surface area contributed by atoms with Gasteiger partial charge in [0.05, 0.1) is 13.2 Å². The topological polar surface area (TPSA) is 30.5 Å². The number of hydrogen-bond acceptors (Lipinski definition) is 3. The van der Waals surface area contributed by atoms with E-state index in [0.29, 0.717) is 0 Å². The van der Waals surface area contributed by atoms with Crippen molar-refractivity contribution in [2.24, 2.45) is 0 Å². The van der Waals surface area contributed by atoms with Crippen molar-refractivity contribution >= 4 is 8.32 Å². The maximum absolute atomic E-state index is 13.6. The number of hydrogen-bond donors (Lipinski definition) is 1. The second-order valence-corrected chi connectivity index (χ2v) is 12.3. The average molecular weight is 326 g/mol. The molecule has 22 heavy (non-hydrogen) atoms. The van der Waals surface area contributed by atoms with E-state index in [1.165, 1.54) is 6.07 Å². The number of rotatable bonds is 4. The predicted molar refractivity (Wildman–Crippen MR) is 90.4 cm³/mol. The highest BCUT2D eigenvalue weighted by atomic mass is 28.4. The van der Waals surface area contributed by atoms with Crippen molar-refractivity contribution in [3.05, 3.63) is 29.6 Å². The van der Waals surface area contributed by atoms with E-state index < -0.39 is 8.32 Å². The van der Waals surface area contributed by atoms with Gasteiger partial charge in [-0.25, -0.2) is 4.39 Å². The molecule has 1 unspecified atom stereocenters. The Labute approximate surface area is 134 Å². The van der Waals surface area contributed by atoms with E-state index in [-0.39, 0.29) is 23.0 Å². The Balaban J connectivity index is 2.09. The first kappa shape index (κ1) is 17.4. The molecule has 1 aromatic carbocycles. The first-order chi connectivity index (χ1) is 10.1. The van der Waals surface area contributed by atoms with Gasteiger partial charge in [-0.2, -0.15) is 0 Å². The maximum atomic E-state index is 13.6. The maximum Gasteiger partial charge on any atom is 0.192 e. The number of halogens is 1. The minimum absolute atomic E-state index is 0.0837. The Bertz CT molecular complexity index is 528. The van der Waals surface area contributed by atoms with Crippen LogP contribution in [0.15, 0.2) is 18.2 Å². The normalized spacial score (nSPS) is 22.9. The molecule has 1 heterocycles. The zero-order chi connectivity index (χ0) is 16.5. The number of nitrogens with one attached hydrogen (secondary N) is 1. The van der Waals surface area contributed by atoms with E-state index in [1.54, 1.807) is 19.2 Å². The van der Waals surface area contributed by atoms with Gasteiger partial charge in [0.15, 0.2) is 8.32 Å². The highest BCUT2D eigenvalue weighted by Gasteiger charge is 2.41. The van der Waals surface area contributed by atoms with Crippen molar-refractivity contribution in [3.63, 3.8) is 0 Å². The fourth-order valence-electron chi connectivity index (χ4n) is 2.60. The molecule has 2 rings (SSSR count). The predicted octanol–water partition coefficient (Wildman–Crippen LogP) is 4.26. The molecule has 5 heteroatoms. The number of benzene rings is 1. The third-order valence-corrected chi connectivity index (χ3v) is 9.46. The molecule has 2 atom stereocenters. The number of ether oxygens (including phenoxy) is 1. The van der Waals surface area contributed by atoms with Gasteiger partial charge in [-0.15, -0.1) is 0 Å². The molecule has 1 fully saturated rings. The smallest absolute Gasteiger partial charge is 0.192 e. The summed E-state index contributed by atoms with van der Waals surface area (Å²) in [6.07, 6.45) is 1.03. The molecule has 0 amide bonds. The first-order valence-electron chi connectivity index (χ1n) is 7.88. The van der Waals surface area contributed by atoms with Gasteiger partial charge in [0.2, 0.25) is 0 Å². The summed E-state index contributed by atoms with van der Waals surface area (Å²) in [5.41, 5.74) is 0.879. The molecule has 1 aliphatic heterocycles. The highest BCUT2D eigenvalue weighted by Crippen LogP contribution is 2.40. The van der Waals surface area contributed by atoms with Gasteiger partial charge < -0.3 is 14.5 Å². The van der Waals surface area contributed by atoms with Crippen LogP contribution in [-0.4, -0.2) is 28.1 Å². The molecule has 0 bridgehead atoms. The van der Waals surface area contributed by atoms with E-state index in [4.69, 9.17) is 9.16 Å². The molecule has 1 saturated heterocycles. The lowest BCUT2D eigenvalue weighted by Crippen LogP contribution is -2.44. The van der Waals surface area contributed by atoms with Crippen molar-refractivity contribution in [1.29, 1.82) is 0 Å². The van der Waals surface area contributed by atoms with E-state index in [1.807, 2.05) is 0 Å². The Morgan fingerprint density at radius 3 is 2.55 bits per heavy atom. The van der Waals surface area contributed by atoms with Gasteiger partial charge in [-0.3, -0.25) is 0 Å². The van der Waals surface area contributed by atoms with Crippen LogP contribution in [0.25, 0.3) is 0 Å². The molecule has 0 aliphatic carbocycles. The number of methoxy groups -OCH3 is 1. The van der Waals surface area contributed by atoms with Gasteiger partial charge in [0.1, 0.15) is 11.6 Å². The third kappa shape index (κ3) is 3.70. The van der Waals surface area contributed by atoms with Crippen LogP contribution >= 0.6 is 0 Å². The van der Waals surface area contributed by atoms with Crippen molar-refractivity contribution < 1.29 is 13.6 Å². The van der Waals surface area contributed by atoms with Crippen molar-refractivity contribution in [1.82, 2.24) is 5.32 Å². The summed E-state index contributed by atoms with van der Waals surface area (Å²) in [6, 6.07) is 4.76. The molecule has 0 aromatic heterocycles. The van der Waals surface area contributed by atoms with Gasteiger partial charge in [-0.1, -0.05) is 20.8 Å². The fraction of sp³-hybridized carbons (Fsp3) is 0.647. The monoisotopic (exact) mass is 325 g/mol. The Kier molecular flexibility index (Phi) is 4.99. The van der Waals surface area contributed by atoms with Gasteiger partial charge in [0, 0.05) is 18.2 Å². The minimum atomic E-state index is -1.78. The van der Waals surface area contributed by atoms with Crippen LogP contribution in [0.1, 0.15) is 38.8 Å². The lowest BCUT2D eigenvalue weighted by Gasteiger charge is -2.38. The molecule has 0 spiro atoms. The van der Waals surface area contributed by atoms with Gasteiger partial charge in [0.25, 0.3) is 0 Å². The molecular weight excluding hydrogens is 297 g/mol. The summed E-state index contributed by atoms with van der Waals surface area (Å²) in [7, 11) is -0.158. The Morgan fingerprint density at radius 2 is 1.95 bits per heavy atom. The summed E-state index contributed by atoms with van der Waals surface area (Å²) in [6.45, 7) is 12.1. The summed E-state index contributed by atoms with van der Waals surface area (Å²) in [4.78, 5) is 0. The second kappa shape index (κ2) is 6.30. The van der Waals surface area contributed by atoms with Crippen molar-refractivity contribution in [2.75, 3.05) is 13.7 Å². The van der Waals surface area contributed by atoms with Crippen molar-refractivity contribution in [3.8, 4) is 5.75 Å². The van der Waals surface area contributed by atoms with E-state index in [2.05, 4.69) is 39.2 Å². The molecule has 1 aromatic rings.